The number of nitrogens with zero attached hydrogens (tertiary/aromatic N) is 3. The van der Waals surface area contributed by atoms with E-state index in [1.807, 2.05) is 0 Å². The van der Waals surface area contributed by atoms with Crippen LogP contribution in [0.3, 0.4) is 0 Å². The van der Waals surface area contributed by atoms with Gasteiger partial charge in [-0.25, -0.2) is 9.37 Å². The smallest absolute Gasteiger partial charge is 0.328 e. The lowest BCUT2D eigenvalue weighted by molar-refractivity contribution is 0.00234. The number of halogens is 1. The Labute approximate surface area is 78.8 Å². The maximum atomic E-state index is 13.0. The molecule has 14 heavy (non-hydrogen) atoms. The van der Waals surface area contributed by atoms with Crippen LogP contribution in [0.4, 0.5) is 4.39 Å². The van der Waals surface area contributed by atoms with Crippen LogP contribution in [0.2, 0.25) is 0 Å². The molecular weight excluding hydrogens is 189 g/mol. The van der Waals surface area contributed by atoms with Gasteiger partial charge in [-0.3, -0.25) is 4.79 Å². The highest BCUT2D eigenvalue weighted by atomic mass is 19.1. The average Bonchev–Trinajstić information content (AvgIpc) is 2.18. The van der Waals surface area contributed by atoms with Gasteiger partial charge in [0.25, 0.3) is 5.78 Å². The first kappa shape index (κ1) is 10.0. The predicted octanol–water partition coefficient (Wildman–Crippen LogP) is 0.713. The summed E-state index contributed by atoms with van der Waals surface area (Å²) in [4.78, 5) is 17.1. The molecule has 0 saturated heterocycles. The molecule has 0 spiro atoms. The molecule has 1 heterocycles. The highest BCUT2D eigenvalue weighted by molar-refractivity contribution is 6.33. The van der Waals surface area contributed by atoms with Crippen LogP contribution in [0.15, 0.2) is 12.3 Å². The van der Waals surface area contributed by atoms with Crippen LogP contribution in [0, 0.1) is 5.82 Å². The number of hydrogen-bond acceptors (Lipinski definition) is 3. The summed E-state index contributed by atoms with van der Waals surface area (Å²) in [6.07, 6.45) is 1.79. The minimum atomic E-state index is -0.746. The Kier molecular flexibility index (Phi) is 3.04. The van der Waals surface area contributed by atoms with Crippen molar-refractivity contribution in [2.24, 2.45) is 0 Å². The summed E-state index contributed by atoms with van der Waals surface area (Å²) in [6.45, 7) is 0. The Bertz CT molecular complexity index is 413. The van der Waals surface area contributed by atoms with Crippen LogP contribution in [-0.2, 0) is 0 Å². The van der Waals surface area contributed by atoms with E-state index in [1.54, 1.807) is 0 Å². The second kappa shape index (κ2) is 4.25. The maximum Gasteiger partial charge on any atom is 0.328 e. The molecular formula is C8H6FN3O2. The summed E-state index contributed by atoms with van der Waals surface area (Å²) in [5, 5.41) is 0. The molecule has 0 aliphatic carbocycles. The normalized spacial score (nSPS) is 9.00. The SMILES string of the molecule is COc1ncc(C(=O)C=[N+]=[N-])cc1F. The molecule has 0 radical (unpaired) electrons. The van der Waals surface area contributed by atoms with Crippen molar-refractivity contribution < 1.29 is 18.7 Å². The van der Waals surface area contributed by atoms with Gasteiger partial charge in [-0.1, -0.05) is 0 Å². The molecule has 0 N–H and O–H groups in total. The molecule has 1 aromatic rings. The minimum absolute atomic E-state index is 0.0129. The molecule has 6 heteroatoms. The highest BCUT2D eigenvalue weighted by Crippen LogP contribution is 2.13. The van der Waals surface area contributed by atoms with E-state index < -0.39 is 11.6 Å². The highest BCUT2D eigenvalue weighted by Gasteiger charge is 2.11. The quantitative estimate of drug-likeness (QED) is 0.308. The molecule has 72 valence electrons. The van der Waals surface area contributed by atoms with Gasteiger partial charge in [-0.2, -0.15) is 4.79 Å². The topological polar surface area (TPSA) is 75.6 Å². The fourth-order valence-corrected chi connectivity index (χ4v) is 0.837. The number of aromatic nitrogens is 1. The van der Waals surface area contributed by atoms with Crippen molar-refractivity contribution in [3.05, 3.63) is 29.2 Å². The van der Waals surface area contributed by atoms with E-state index in [1.165, 1.54) is 7.11 Å². The third-order valence-corrected chi connectivity index (χ3v) is 1.46. The van der Waals surface area contributed by atoms with E-state index in [9.17, 15) is 9.18 Å². The summed E-state index contributed by atoms with van der Waals surface area (Å²) in [5.74, 6) is -1.58. The second-order valence-electron chi connectivity index (χ2n) is 2.32. The molecule has 0 saturated carbocycles. The Hall–Kier alpha value is -2.07. The van der Waals surface area contributed by atoms with Gasteiger partial charge >= 0.3 is 6.21 Å². The number of Topliss-reactive ketones (excluding diaryl/α,β-unsaturated/α-hetero) is 1. The van der Waals surface area contributed by atoms with Gasteiger partial charge in [0.2, 0.25) is 5.88 Å². The number of ketones is 1. The van der Waals surface area contributed by atoms with Gasteiger partial charge in [-0.05, 0) is 6.07 Å². The zero-order valence-corrected chi connectivity index (χ0v) is 7.27. The van der Waals surface area contributed by atoms with Crippen molar-refractivity contribution >= 4 is 12.0 Å². The predicted molar refractivity (Wildman–Crippen MR) is 44.8 cm³/mol. The van der Waals surface area contributed by atoms with Crippen molar-refractivity contribution in [1.82, 2.24) is 4.98 Å². The Morgan fingerprint density at radius 1 is 1.79 bits per heavy atom. The monoisotopic (exact) mass is 195 g/mol. The van der Waals surface area contributed by atoms with Gasteiger partial charge in [0.05, 0.1) is 12.7 Å². The molecule has 0 aromatic carbocycles. The summed E-state index contributed by atoms with van der Waals surface area (Å²) in [5.41, 5.74) is 8.06. The minimum Gasteiger partial charge on any atom is -0.479 e. The molecule has 0 fully saturated rings. The van der Waals surface area contributed by atoms with Gasteiger partial charge in [0.15, 0.2) is 5.82 Å². The number of carbonyl (C=O) groups is 1. The van der Waals surface area contributed by atoms with E-state index >= 15 is 0 Å². The summed E-state index contributed by atoms with van der Waals surface area (Å²) >= 11 is 0. The third kappa shape index (κ3) is 1.99. The standard InChI is InChI=1S/C8H6FN3O2/c1-14-8-6(9)2-5(3-11-8)7(13)4-12-10/h2-4H,1H3. The van der Waals surface area contributed by atoms with Crippen LogP contribution in [0.25, 0.3) is 5.53 Å². The molecule has 0 aliphatic heterocycles. The summed E-state index contributed by atoms with van der Waals surface area (Å²) in [6, 6.07) is 0.954. The number of methoxy groups -OCH3 is 1. The van der Waals surface area contributed by atoms with E-state index in [0.717, 1.165) is 12.3 Å². The first-order chi connectivity index (χ1) is 6.69. The number of ether oxygens (including phenoxy) is 1. The van der Waals surface area contributed by atoms with Gasteiger partial charge in [0.1, 0.15) is 0 Å². The maximum absolute atomic E-state index is 13.0. The number of carbonyl (C=O) groups excluding carboxylic acids is 1. The molecule has 0 aliphatic rings. The number of hydrogen-bond donors (Lipinski definition) is 0. The average molecular weight is 195 g/mol. The van der Waals surface area contributed by atoms with E-state index in [4.69, 9.17) is 5.53 Å². The first-order valence-electron chi connectivity index (χ1n) is 3.60. The van der Waals surface area contributed by atoms with Crippen LogP contribution >= 0.6 is 0 Å². The second-order valence-corrected chi connectivity index (χ2v) is 2.32. The first-order valence-corrected chi connectivity index (χ1v) is 3.60. The van der Waals surface area contributed by atoms with Crippen molar-refractivity contribution in [2.75, 3.05) is 7.11 Å². The largest absolute Gasteiger partial charge is 0.479 e. The van der Waals surface area contributed by atoms with Gasteiger partial charge in [-0.15, -0.1) is 0 Å². The van der Waals surface area contributed by atoms with E-state index in [2.05, 4.69) is 14.5 Å². The van der Waals surface area contributed by atoms with E-state index in [-0.39, 0.29) is 11.4 Å². The fraction of sp³-hybridized carbons (Fsp3) is 0.125. The van der Waals surface area contributed by atoms with Crippen LogP contribution < -0.4 is 4.74 Å². The molecule has 5 nitrogen and oxygen atoms in total. The Morgan fingerprint density at radius 2 is 2.50 bits per heavy atom. The third-order valence-electron chi connectivity index (χ3n) is 1.46. The Balaban J connectivity index is 3.08. The van der Waals surface area contributed by atoms with Crippen molar-refractivity contribution in [1.29, 1.82) is 0 Å². The van der Waals surface area contributed by atoms with Crippen LogP contribution in [0.1, 0.15) is 10.4 Å². The van der Waals surface area contributed by atoms with Crippen molar-refractivity contribution in [3.8, 4) is 5.88 Å². The molecule has 0 amide bonds. The van der Waals surface area contributed by atoms with Gasteiger partial charge in [0, 0.05) is 6.20 Å². The molecule has 0 bridgehead atoms. The number of rotatable bonds is 3. The van der Waals surface area contributed by atoms with Gasteiger partial charge < -0.3 is 10.3 Å². The van der Waals surface area contributed by atoms with Crippen LogP contribution in [0.5, 0.6) is 5.88 Å². The molecule has 1 rings (SSSR count). The zero-order chi connectivity index (χ0) is 10.6. The lowest BCUT2D eigenvalue weighted by atomic mass is 10.2. The number of pyridine rings is 1. The van der Waals surface area contributed by atoms with Crippen LogP contribution in [-0.4, -0.2) is 28.9 Å². The lowest BCUT2D eigenvalue weighted by Gasteiger charge is -1.99. The Morgan fingerprint density at radius 3 is 3.00 bits per heavy atom. The lowest BCUT2D eigenvalue weighted by Crippen LogP contribution is -2.03. The fourth-order valence-electron chi connectivity index (χ4n) is 0.837. The van der Waals surface area contributed by atoms with Crippen molar-refractivity contribution in [3.63, 3.8) is 0 Å². The molecule has 0 unspecified atom stereocenters. The molecule has 0 atom stereocenters. The van der Waals surface area contributed by atoms with E-state index in [0.29, 0.717) is 6.21 Å². The molecule has 1 aromatic heterocycles. The van der Waals surface area contributed by atoms with Crippen molar-refractivity contribution in [2.45, 2.75) is 0 Å². The summed E-state index contributed by atoms with van der Waals surface area (Å²) in [7, 11) is 1.27. The zero-order valence-electron chi connectivity index (χ0n) is 7.27. The summed E-state index contributed by atoms with van der Waals surface area (Å²) < 4.78 is 17.6.